The Morgan fingerprint density at radius 3 is 2.77 bits per heavy atom. The Kier molecular flexibility index (Phi) is 2.86. The van der Waals surface area contributed by atoms with E-state index < -0.39 is 20.7 Å². The Morgan fingerprint density at radius 2 is 2.23 bits per heavy atom. The van der Waals surface area contributed by atoms with Gasteiger partial charge in [0.1, 0.15) is 5.17 Å². The fourth-order valence-corrected chi connectivity index (χ4v) is 3.59. The largest absolute Gasteiger partial charge is 0.294 e. The maximum Gasteiger partial charge on any atom is 0.171 e. The molecule has 0 aromatic heterocycles. The van der Waals surface area contributed by atoms with Crippen molar-refractivity contribution in [3.05, 3.63) is 8.61 Å². The lowest BCUT2D eigenvalue weighted by Gasteiger charge is -2.06. The molecule has 2 rings (SSSR count). The summed E-state index contributed by atoms with van der Waals surface area (Å²) < 4.78 is 2.36. The van der Waals surface area contributed by atoms with E-state index in [4.69, 9.17) is 23.2 Å². The van der Waals surface area contributed by atoms with E-state index in [1.54, 1.807) is 4.14 Å². The molecule has 2 aliphatic rings. The highest BCUT2D eigenvalue weighted by Crippen LogP contribution is 2.37. The van der Waals surface area contributed by atoms with Crippen LogP contribution in [0.2, 0.25) is 0 Å². The first-order valence-electron chi connectivity index (χ1n) is 3.83. The van der Waals surface area contributed by atoms with Gasteiger partial charge in [-0.2, -0.15) is 0 Å². The standard InChI is InChI=1S/C8H6Cl2INO/c9-7-5(6(13)4-1-2-4)8(10)12-3-11-7/h3-4H,1-2H2. The summed E-state index contributed by atoms with van der Waals surface area (Å²) in [5.74, 6) is 0.251. The molecule has 1 aliphatic carbocycles. The van der Waals surface area contributed by atoms with Gasteiger partial charge in [-0.1, -0.05) is 43.9 Å². The van der Waals surface area contributed by atoms with E-state index >= 15 is 0 Å². The molecule has 0 bridgehead atoms. The molecule has 0 spiro atoms. The summed E-state index contributed by atoms with van der Waals surface area (Å²) in [4.78, 5) is 15.6. The Morgan fingerprint density at radius 1 is 1.54 bits per heavy atom. The minimum atomic E-state index is -0.419. The number of allylic oxidation sites excluding steroid dienone is 1. The van der Waals surface area contributed by atoms with Crippen molar-refractivity contribution in [2.45, 2.75) is 12.8 Å². The van der Waals surface area contributed by atoms with Crippen LogP contribution in [0.1, 0.15) is 12.8 Å². The summed E-state index contributed by atoms with van der Waals surface area (Å²) in [6.45, 7) is 0. The number of hydrogen-bond donors (Lipinski definition) is 0. The molecule has 13 heavy (non-hydrogen) atoms. The van der Waals surface area contributed by atoms with E-state index in [2.05, 4.69) is 4.99 Å². The molecule has 0 unspecified atom stereocenters. The molecule has 1 aliphatic heterocycles. The number of aliphatic imine (C=N–C) groups is 1. The van der Waals surface area contributed by atoms with Crippen LogP contribution in [0, 0.1) is 5.92 Å². The van der Waals surface area contributed by atoms with Crippen LogP contribution in [0.3, 0.4) is 0 Å². The lowest BCUT2D eigenvalue weighted by molar-refractivity contribution is -0.116. The zero-order valence-electron chi connectivity index (χ0n) is 6.56. The highest BCUT2D eigenvalue weighted by atomic mass is 127. The van der Waals surface area contributed by atoms with Crippen molar-refractivity contribution >= 4 is 59.0 Å². The number of rotatable bonds is 2. The van der Waals surface area contributed by atoms with Crippen molar-refractivity contribution in [2.75, 3.05) is 0 Å². The van der Waals surface area contributed by atoms with E-state index in [0.717, 1.165) is 12.8 Å². The third-order valence-electron chi connectivity index (χ3n) is 1.90. The molecule has 70 valence electrons. The summed E-state index contributed by atoms with van der Waals surface area (Å²) in [6, 6.07) is 0. The Hall–Kier alpha value is 0.260. The van der Waals surface area contributed by atoms with Crippen LogP contribution in [0.15, 0.2) is 13.6 Å². The van der Waals surface area contributed by atoms with Gasteiger partial charge in [0.05, 0.1) is 12.7 Å². The second-order valence-electron chi connectivity index (χ2n) is 2.90. The normalized spacial score (nSPS) is 22.5. The molecule has 0 atom stereocenters. The average Bonchev–Trinajstić information content (AvgIpc) is 2.85. The molecule has 0 radical (unpaired) electrons. The predicted molar refractivity (Wildman–Crippen MR) is 64.0 cm³/mol. The molecule has 1 saturated carbocycles. The maximum atomic E-state index is 11.7. The van der Waals surface area contributed by atoms with Gasteiger partial charge >= 0.3 is 0 Å². The Bertz CT molecular complexity index is 355. The zero-order valence-corrected chi connectivity index (χ0v) is 10.2. The molecule has 0 aromatic rings. The van der Waals surface area contributed by atoms with Crippen LogP contribution in [0.25, 0.3) is 0 Å². The minimum Gasteiger partial charge on any atom is -0.294 e. The Balaban J connectivity index is 2.34. The SMILES string of the molecule is O=C(C1=C(Cl)I=CN=C1Cl)C1CC1. The highest BCUT2D eigenvalue weighted by molar-refractivity contribution is 14.2. The van der Waals surface area contributed by atoms with Crippen LogP contribution in [0.5, 0.6) is 0 Å². The number of nitrogens with zero attached hydrogens (tertiary/aromatic N) is 1. The van der Waals surface area contributed by atoms with Gasteiger partial charge in [0.25, 0.3) is 0 Å². The van der Waals surface area contributed by atoms with E-state index in [9.17, 15) is 4.79 Å². The van der Waals surface area contributed by atoms with Gasteiger partial charge < -0.3 is 0 Å². The lowest BCUT2D eigenvalue weighted by Crippen LogP contribution is -2.12. The van der Waals surface area contributed by atoms with Gasteiger partial charge in [0.15, 0.2) is 5.78 Å². The number of carbonyl (C=O) groups excluding carboxylic acids is 1. The molecular weight excluding hydrogens is 324 g/mol. The van der Waals surface area contributed by atoms with Gasteiger partial charge in [-0.3, -0.25) is 4.79 Å². The van der Waals surface area contributed by atoms with Crippen molar-refractivity contribution in [1.29, 1.82) is 0 Å². The van der Waals surface area contributed by atoms with Crippen molar-refractivity contribution in [1.82, 2.24) is 0 Å². The lowest BCUT2D eigenvalue weighted by atomic mass is 10.1. The third-order valence-corrected chi connectivity index (χ3v) is 4.57. The van der Waals surface area contributed by atoms with Crippen molar-refractivity contribution in [3.63, 3.8) is 0 Å². The van der Waals surface area contributed by atoms with E-state index in [0.29, 0.717) is 8.61 Å². The van der Waals surface area contributed by atoms with Gasteiger partial charge in [0, 0.05) is 5.92 Å². The first-order valence-corrected chi connectivity index (χ1v) is 6.91. The monoisotopic (exact) mass is 329 g/mol. The molecule has 5 heteroatoms. The number of hydrogen-bond acceptors (Lipinski definition) is 2. The zero-order chi connectivity index (χ0) is 9.42. The van der Waals surface area contributed by atoms with Gasteiger partial charge in [-0.25, -0.2) is 4.99 Å². The number of halogens is 3. The summed E-state index contributed by atoms with van der Waals surface area (Å²) in [5, 5.41) is 0.271. The second kappa shape index (κ2) is 3.79. The topological polar surface area (TPSA) is 29.4 Å². The van der Waals surface area contributed by atoms with Crippen LogP contribution in [0.4, 0.5) is 0 Å². The molecule has 2 nitrogen and oxygen atoms in total. The first kappa shape index (κ1) is 9.80. The number of Topliss-reactive ketones (excluding diaryl/α,β-unsaturated/α-hetero) is 1. The summed E-state index contributed by atoms with van der Waals surface area (Å²) in [6.07, 6.45) is 1.94. The minimum absolute atomic E-state index is 0.0894. The number of carbonyl (C=O) groups is 1. The molecule has 0 amide bonds. The highest BCUT2D eigenvalue weighted by Gasteiger charge is 2.34. The van der Waals surface area contributed by atoms with E-state index in [1.165, 1.54) is 0 Å². The molecule has 0 N–H and O–H groups in total. The average molecular weight is 330 g/mol. The van der Waals surface area contributed by atoms with Crippen molar-refractivity contribution in [2.24, 2.45) is 10.9 Å². The molecule has 1 heterocycles. The van der Waals surface area contributed by atoms with Crippen molar-refractivity contribution < 1.29 is 4.79 Å². The first-order chi connectivity index (χ1) is 6.20. The van der Waals surface area contributed by atoms with Gasteiger partial charge in [-0.15, -0.1) is 0 Å². The summed E-state index contributed by atoms with van der Waals surface area (Å²) in [7, 11) is 0. The van der Waals surface area contributed by atoms with Crippen molar-refractivity contribution in [3.8, 4) is 0 Å². The fourth-order valence-electron chi connectivity index (χ4n) is 1.05. The number of ketones is 1. The molecule has 0 saturated heterocycles. The smallest absolute Gasteiger partial charge is 0.171 e. The second-order valence-corrected chi connectivity index (χ2v) is 6.53. The van der Waals surface area contributed by atoms with Gasteiger partial charge in [-0.05, 0) is 12.8 Å². The molecule has 0 aromatic carbocycles. The summed E-state index contributed by atoms with van der Waals surface area (Å²) in [5.41, 5.74) is 0.487. The fraction of sp³-hybridized carbons (Fsp3) is 0.375. The van der Waals surface area contributed by atoms with E-state index in [1.807, 2.05) is 0 Å². The molecule has 1 fully saturated rings. The van der Waals surface area contributed by atoms with Crippen LogP contribution in [-0.4, -0.2) is 15.1 Å². The predicted octanol–water partition coefficient (Wildman–Crippen LogP) is 2.80. The molecular formula is C8H6Cl2INO. The van der Waals surface area contributed by atoms with Crippen LogP contribution >= 0.6 is 43.9 Å². The van der Waals surface area contributed by atoms with E-state index in [-0.39, 0.29) is 16.9 Å². The maximum absolute atomic E-state index is 11.7. The summed E-state index contributed by atoms with van der Waals surface area (Å²) >= 11 is 11.4. The third kappa shape index (κ3) is 2.02. The Labute approximate surface area is 95.8 Å². The quantitative estimate of drug-likeness (QED) is 0.716. The van der Waals surface area contributed by atoms with Crippen LogP contribution < -0.4 is 0 Å². The van der Waals surface area contributed by atoms with Gasteiger partial charge in [0.2, 0.25) is 0 Å². The van der Waals surface area contributed by atoms with Crippen LogP contribution in [-0.2, 0) is 4.79 Å².